The minimum Gasteiger partial charge on any atom is -0.463 e. The molecular weight excluding hydrogens is 440 g/mol. The van der Waals surface area contributed by atoms with Gasteiger partial charge in [0.2, 0.25) is 5.79 Å². The Hall–Kier alpha value is -1.22. The average Bonchev–Trinajstić information content (AvgIpc) is 3.04. The molecule has 0 amide bonds. The van der Waals surface area contributed by atoms with Gasteiger partial charge in [0, 0.05) is 12.8 Å². The van der Waals surface area contributed by atoms with E-state index in [1.807, 2.05) is 0 Å². The van der Waals surface area contributed by atoms with Crippen molar-refractivity contribution in [3.8, 4) is 0 Å². The van der Waals surface area contributed by atoms with Gasteiger partial charge in [-0.1, -0.05) is 90.9 Å². The molecule has 200 valence electrons. The molecule has 1 saturated heterocycles. The highest BCUT2D eigenvalue weighted by Gasteiger charge is 2.54. The first-order chi connectivity index (χ1) is 16.3. The standard InChI is InChI=1S/C26H48O8/c1-3-5-7-9-11-13-15-17-22(27)32-19-21-24(29)25(30)26(31,34-21)20-33-23(28)18-16-14-12-10-8-6-4-2/h21,24-25,29-31H,3-20H2,1-2H3/t21-,24-,25+,26-/m1/s1. The highest BCUT2D eigenvalue weighted by molar-refractivity contribution is 5.69. The van der Waals surface area contributed by atoms with E-state index in [2.05, 4.69) is 13.8 Å². The predicted molar refractivity (Wildman–Crippen MR) is 129 cm³/mol. The van der Waals surface area contributed by atoms with Gasteiger partial charge in [0.05, 0.1) is 0 Å². The third-order valence-corrected chi connectivity index (χ3v) is 6.34. The van der Waals surface area contributed by atoms with Crippen molar-refractivity contribution >= 4 is 11.9 Å². The molecule has 8 heteroatoms. The summed E-state index contributed by atoms with van der Waals surface area (Å²) in [5.41, 5.74) is 0. The highest BCUT2D eigenvalue weighted by atomic mass is 16.7. The molecule has 1 fully saturated rings. The molecule has 0 aromatic heterocycles. The summed E-state index contributed by atoms with van der Waals surface area (Å²) in [7, 11) is 0. The molecular formula is C26H48O8. The van der Waals surface area contributed by atoms with E-state index in [1.165, 1.54) is 44.9 Å². The second-order valence-corrected chi connectivity index (χ2v) is 9.52. The van der Waals surface area contributed by atoms with Crippen LogP contribution in [0.1, 0.15) is 117 Å². The highest BCUT2D eigenvalue weighted by Crippen LogP contribution is 2.30. The first-order valence-electron chi connectivity index (χ1n) is 13.4. The SMILES string of the molecule is CCCCCCCCCC(=O)OC[C@H]1O[C@](O)(COC(=O)CCCCCCCCC)[C@@H](O)[C@@H]1O. The first kappa shape index (κ1) is 30.8. The van der Waals surface area contributed by atoms with Crippen LogP contribution in [0, 0.1) is 0 Å². The zero-order valence-corrected chi connectivity index (χ0v) is 21.3. The van der Waals surface area contributed by atoms with E-state index >= 15 is 0 Å². The second-order valence-electron chi connectivity index (χ2n) is 9.52. The van der Waals surface area contributed by atoms with Gasteiger partial charge in [0.25, 0.3) is 0 Å². The molecule has 0 bridgehead atoms. The van der Waals surface area contributed by atoms with Crippen molar-refractivity contribution in [1.82, 2.24) is 0 Å². The van der Waals surface area contributed by atoms with E-state index in [1.54, 1.807) is 0 Å². The zero-order chi connectivity index (χ0) is 25.2. The van der Waals surface area contributed by atoms with Crippen LogP contribution < -0.4 is 0 Å². The van der Waals surface area contributed by atoms with Crippen LogP contribution in [0.15, 0.2) is 0 Å². The van der Waals surface area contributed by atoms with Gasteiger partial charge in [0.15, 0.2) is 0 Å². The van der Waals surface area contributed by atoms with E-state index in [4.69, 9.17) is 14.2 Å². The second kappa shape index (κ2) is 18.1. The molecule has 1 rings (SSSR count). The van der Waals surface area contributed by atoms with Gasteiger partial charge < -0.3 is 29.5 Å². The third-order valence-electron chi connectivity index (χ3n) is 6.34. The summed E-state index contributed by atoms with van der Waals surface area (Å²) >= 11 is 0. The largest absolute Gasteiger partial charge is 0.463 e. The molecule has 0 aliphatic carbocycles. The zero-order valence-electron chi connectivity index (χ0n) is 21.3. The Bertz CT molecular complexity index is 555. The number of carbonyl (C=O) groups is 2. The number of rotatable bonds is 20. The summed E-state index contributed by atoms with van der Waals surface area (Å²) < 4.78 is 15.6. The summed E-state index contributed by atoms with van der Waals surface area (Å²) in [6.45, 7) is 3.46. The van der Waals surface area contributed by atoms with Crippen molar-refractivity contribution in [2.75, 3.05) is 13.2 Å². The van der Waals surface area contributed by atoms with Crippen LogP contribution in [0.4, 0.5) is 0 Å². The van der Waals surface area contributed by atoms with Gasteiger partial charge in [-0.3, -0.25) is 9.59 Å². The van der Waals surface area contributed by atoms with Crippen molar-refractivity contribution in [2.24, 2.45) is 0 Å². The molecule has 4 atom stereocenters. The smallest absolute Gasteiger partial charge is 0.305 e. The van der Waals surface area contributed by atoms with E-state index < -0.39 is 42.6 Å². The van der Waals surface area contributed by atoms with Crippen LogP contribution in [0.2, 0.25) is 0 Å². The third kappa shape index (κ3) is 12.5. The lowest BCUT2D eigenvalue weighted by atomic mass is 10.1. The number of esters is 2. The van der Waals surface area contributed by atoms with Crippen LogP contribution in [-0.2, 0) is 23.8 Å². The molecule has 0 aromatic carbocycles. The van der Waals surface area contributed by atoms with Gasteiger partial charge in [-0.05, 0) is 12.8 Å². The Morgan fingerprint density at radius 3 is 1.68 bits per heavy atom. The molecule has 0 unspecified atom stereocenters. The maximum Gasteiger partial charge on any atom is 0.305 e. The number of ether oxygens (including phenoxy) is 3. The molecule has 0 saturated carbocycles. The quantitative estimate of drug-likeness (QED) is 0.172. The minimum absolute atomic E-state index is 0.224. The average molecular weight is 489 g/mol. The summed E-state index contributed by atoms with van der Waals surface area (Å²) in [6, 6.07) is 0. The summed E-state index contributed by atoms with van der Waals surface area (Å²) in [6.07, 6.45) is 11.4. The van der Waals surface area contributed by atoms with Gasteiger partial charge >= 0.3 is 11.9 Å². The van der Waals surface area contributed by atoms with Gasteiger partial charge in [-0.25, -0.2) is 0 Å². The predicted octanol–water partition coefficient (Wildman–Crippen LogP) is 4.16. The maximum atomic E-state index is 12.0. The van der Waals surface area contributed by atoms with Crippen LogP contribution in [0.5, 0.6) is 0 Å². The van der Waals surface area contributed by atoms with Crippen LogP contribution in [-0.4, -0.2) is 64.6 Å². The molecule has 1 heterocycles. The van der Waals surface area contributed by atoms with Crippen molar-refractivity contribution < 1.29 is 39.1 Å². The summed E-state index contributed by atoms with van der Waals surface area (Å²) in [5, 5.41) is 30.9. The van der Waals surface area contributed by atoms with E-state index in [0.717, 1.165) is 38.5 Å². The Labute approximate surface area is 205 Å². The van der Waals surface area contributed by atoms with E-state index in [-0.39, 0.29) is 19.4 Å². The lowest BCUT2D eigenvalue weighted by Crippen LogP contribution is -2.47. The van der Waals surface area contributed by atoms with Gasteiger partial charge in [-0.2, -0.15) is 0 Å². The van der Waals surface area contributed by atoms with Gasteiger partial charge in [0.1, 0.15) is 31.5 Å². The van der Waals surface area contributed by atoms with Crippen molar-refractivity contribution in [3.63, 3.8) is 0 Å². The minimum atomic E-state index is -2.23. The summed E-state index contributed by atoms with van der Waals surface area (Å²) in [5.74, 6) is -3.13. The first-order valence-corrected chi connectivity index (χ1v) is 13.4. The lowest BCUT2D eigenvalue weighted by Gasteiger charge is -2.25. The topological polar surface area (TPSA) is 123 Å². The van der Waals surface area contributed by atoms with Crippen LogP contribution in [0.3, 0.4) is 0 Å². The number of hydrogen-bond donors (Lipinski definition) is 3. The number of unbranched alkanes of at least 4 members (excludes halogenated alkanes) is 12. The molecule has 1 aliphatic heterocycles. The Balaban J connectivity index is 2.23. The molecule has 0 aromatic rings. The van der Waals surface area contributed by atoms with Gasteiger partial charge in [-0.15, -0.1) is 0 Å². The molecule has 0 radical (unpaired) electrons. The molecule has 0 spiro atoms. The molecule has 3 N–H and O–H groups in total. The normalized spacial score (nSPS) is 24.3. The maximum absolute atomic E-state index is 12.0. The molecule has 1 aliphatic rings. The Morgan fingerprint density at radius 1 is 0.735 bits per heavy atom. The Kier molecular flexibility index (Phi) is 16.4. The fourth-order valence-corrected chi connectivity index (χ4v) is 4.08. The number of carbonyl (C=O) groups excluding carboxylic acids is 2. The Morgan fingerprint density at radius 2 is 1.18 bits per heavy atom. The van der Waals surface area contributed by atoms with E-state index in [9.17, 15) is 24.9 Å². The van der Waals surface area contributed by atoms with Crippen molar-refractivity contribution in [3.05, 3.63) is 0 Å². The number of hydrogen-bond acceptors (Lipinski definition) is 8. The van der Waals surface area contributed by atoms with Crippen LogP contribution in [0.25, 0.3) is 0 Å². The van der Waals surface area contributed by atoms with Crippen LogP contribution >= 0.6 is 0 Å². The van der Waals surface area contributed by atoms with Crippen molar-refractivity contribution in [2.45, 2.75) is 141 Å². The number of aliphatic hydroxyl groups is 3. The lowest BCUT2D eigenvalue weighted by molar-refractivity contribution is -0.253. The fourth-order valence-electron chi connectivity index (χ4n) is 4.08. The van der Waals surface area contributed by atoms with Crippen molar-refractivity contribution in [1.29, 1.82) is 0 Å². The summed E-state index contributed by atoms with van der Waals surface area (Å²) in [4.78, 5) is 23.9. The monoisotopic (exact) mass is 488 g/mol. The molecule has 34 heavy (non-hydrogen) atoms. The number of aliphatic hydroxyl groups excluding tert-OH is 2. The molecule has 8 nitrogen and oxygen atoms in total. The van der Waals surface area contributed by atoms with E-state index in [0.29, 0.717) is 6.42 Å². The fraction of sp³-hybridized carbons (Fsp3) is 0.923.